The van der Waals surface area contributed by atoms with Crippen molar-refractivity contribution in [3.63, 3.8) is 0 Å². The van der Waals surface area contributed by atoms with Gasteiger partial charge in [-0.2, -0.15) is 0 Å². The molecule has 0 amide bonds. The summed E-state index contributed by atoms with van der Waals surface area (Å²) in [5.41, 5.74) is 2.27. The Morgan fingerprint density at radius 3 is 2.23 bits per heavy atom. The molecule has 0 aliphatic rings. The van der Waals surface area contributed by atoms with Crippen molar-refractivity contribution >= 4 is 43.1 Å². The first-order valence-corrected chi connectivity index (χ1v) is 12.1. The number of hydrogen-bond donors (Lipinski definition) is 1. The van der Waals surface area contributed by atoms with E-state index in [9.17, 15) is 17.6 Å². The summed E-state index contributed by atoms with van der Waals surface area (Å²) in [6, 6.07) is 18.8. The number of carbonyl (C=O) groups excluding carboxylic acids is 1. The zero-order valence-corrected chi connectivity index (χ0v) is 19.0. The molecule has 4 rings (SSSR count). The minimum Gasteiger partial charge on any atom is -0.286 e. The van der Waals surface area contributed by atoms with Crippen LogP contribution in [0.25, 0.3) is 21.7 Å². The van der Waals surface area contributed by atoms with Crippen molar-refractivity contribution in [2.75, 3.05) is 0 Å². The Bertz CT molecular complexity index is 1380. The fourth-order valence-corrected chi connectivity index (χ4v) is 4.94. The highest BCUT2D eigenvalue weighted by molar-refractivity contribution is 9.10. The molecule has 1 heterocycles. The fraction of sp³-hybridized carbons (Fsp3) is 0. The second-order valence-electron chi connectivity index (χ2n) is 6.61. The van der Waals surface area contributed by atoms with Crippen LogP contribution in [0.2, 0.25) is 0 Å². The van der Waals surface area contributed by atoms with E-state index in [1.807, 2.05) is 6.07 Å². The third-order valence-electron chi connectivity index (χ3n) is 4.47. The molecule has 0 radical (unpaired) electrons. The molecule has 31 heavy (non-hydrogen) atoms. The third-order valence-corrected chi connectivity index (χ3v) is 7.00. The number of carbonyl (C=O) groups is 1. The lowest BCUT2D eigenvalue weighted by Gasteiger charge is -2.04. The van der Waals surface area contributed by atoms with Crippen molar-refractivity contribution in [1.82, 2.24) is 4.98 Å². The largest absolute Gasteiger partial charge is 0.286 e. The summed E-state index contributed by atoms with van der Waals surface area (Å²) in [6.45, 7) is 0. The van der Waals surface area contributed by atoms with Gasteiger partial charge in [-0.05, 0) is 42.0 Å². The lowest BCUT2D eigenvalue weighted by molar-refractivity contribution is 0.103. The summed E-state index contributed by atoms with van der Waals surface area (Å²) in [5.74, 6) is -0.625. The van der Waals surface area contributed by atoms with Crippen molar-refractivity contribution in [2.24, 2.45) is 5.14 Å². The molecule has 0 spiro atoms. The molecule has 3 aromatic carbocycles. The number of ketones is 1. The molecule has 0 saturated heterocycles. The zero-order chi connectivity index (χ0) is 22.2. The summed E-state index contributed by atoms with van der Waals surface area (Å²) < 4.78 is 37.3. The first-order chi connectivity index (χ1) is 14.7. The van der Waals surface area contributed by atoms with E-state index in [0.29, 0.717) is 27.3 Å². The average molecular weight is 517 g/mol. The molecule has 4 aromatic rings. The Morgan fingerprint density at radius 1 is 0.968 bits per heavy atom. The lowest BCUT2D eigenvalue weighted by Crippen LogP contribution is -2.11. The maximum absolute atomic E-state index is 13.4. The minimum atomic E-state index is -3.84. The summed E-state index contributed by atoms with van der Waals surface area (Å²) in [7, 11) is -3.84. The fourth-order valence-electron chi connectivity index (χ4n) is 2.97. The third kappa shape index (κ3) is 4.64. The van der Waals surface area contributed by atoms with Gasteiger partial charge in [-0.3, -0.25) is 4.79 Å². The molecular formula is C22H14BrFN2O3S2. The van der Waals surface area contributed by atoms with Gasteiger partial charge in [-0.25, -0.2) is 22.9 Å². The van der Waals surface area contributed by atoms with Crippen LogP contribution >= 0.6 is 27.3 Å². The number of rotatable bonds is 5. The first kappa shape index (κ1) is 21.5. The van der Waals surface area contributed by atoms with Crippen LogP contribution in [0, 0.1) is 5.82 Å². The van der Waals surface area contributed by atoms with Crippen LogP contribution in [0.4, 0.5) is 4.39 Å². The molecule has 1 aromatic heterocycles. The van der Waals surface area contributed by atoms with Crippen LogP contribution in [-0.2, 0) is 10.0 Å². The molecule has 5 nitrogen and oxygen atoms in total. The molecule has 9 heteroatoms. The highest BCUT2D eigenvalue weighted by Crippen LogP contribution is 2.38. The van der Waals surface area contributed by atoms with Gasteiger partial charge in [-0.1, -0.05) is 52.3 Å². The summed E-state index contributed by atoms with van der Waals surface area (Å²) >= 11 is 4.55. The van der Waals surface area contributed by atoms with E-state index in [2.05, 4.69) is 20.9 Å². The van der Waals surface area contributed by atoms with Crippen LogP contribution in [0.5, 0.6) is 0 Å². The van der Waals surface area contributed by atoms with Crippen LogP contribution in [0.15, 0.2) is 82.2 Å². The highest BCUT2D eigenvalue weighted by Gasteiger charge is 2.21. The van der Waals surface area contributed by atoms with Crippen LogP contribution in [0.1, 0.15) is 15.4 Å². The molecule has 0 aliphatic carbocycles. The minimum absolute atomic E-state index is 0.0275. The van der Waals surface area contributed by atoms with E-state index in [0.717, 1.165) is 4.47 Å². The number of nitrogens with zero attached hydrogens (tertiary/aromatic N) is 1. The maximum Gasteiger partial charge on any atom is 0.238 e. The van der Waals surface area contributed by atoms with Gasteiger partial charge in [0.25, 0.3) is 0 Å². The number of sulfonamides is 1. The van der Waals surface area contributed by atoms with Gasteiger partial charge >= 0.3 is 0 Å². The van der Waals surface area contributed by atoms with E-state index in [-0.39, 0.29) is 21.5 Å². The maximum atomic E-state index is 13.4. The number of hydrogen-bond acceptors (Lipinski definition) is 5. The second kappa shape index (κ2) is 8.43. The summed E-state index contributed by atoms with van der Waals surface area (Å²) in [6.07, 6.45) is 0. The summed E-state index contributed by atoms with van der Waals surface area (Å²) in [4.78, 5) is 18.2. The lowest BCUT2D eigenvalue weighted by atomic mass is 10.1. The quantitative estimate of drug-likeness (QED) is 0.366. The normalized spacial score (nSPS) is 11.5. The van der Waals surface area contributed by atoms with Gasteiger partial charge in [0.15, 0.2) is 5.01 Å². The van der Waals surface area contributed by atoms with E-state index >= 15 is 0 Å². The molecule has 0 unspecified atom stereocenters. The Labute approximate surface area is 190 Å². The topological polar surface area (TPSA) is 90.1 Å². The predicted octanol–water partition coefficient (Wildman–Crippen LogP) is 5.26. The molecule has 0 bridgehead atoms. The van der Waals surface area contributed by atoms with Crippen molar-refractivity contribution in [2.45, 2.75) is 4.90 Å². The number of nitrogens with two attached hydrogens (primary N) is 1. The molecule has 0 aliphatic heterocycles. The number of thiazole rings is 1. The molecule has 0 fully saturated rings. The Hall–Kier alpha value is -2.72. The van der Waals surface area contributed by atoms with Crippen LogP contribution in [-0.4, -0.2) is 19.2 Å². The van der Waals surface area contributed by atoms with Gasteiger partial charge < -0.3 is 0 Å². The van der Waals surface area contributed by atoms with Gasteiger partial charge in [0, 0.05) is 15.6 Å². The standard InChI is InChI=1S/C22H14BrFN2O3S2/c23-16-3-1-2-15(12-16)20(27)22-26-19(13-6-10-18(11-7-13)31(25,28)29)21(30-22)14-4-8-17(24)9-5-14/h1-12H,(H2,25,28,29). The van der Waals surface area contributed by atoms with Gasteiger partial charge in [0.1, 0.15) is 5.82 Å². The van der Waals surface area contributed by atoms with Gasteiger partial charge in [0.05, 0.1) is 15.5 Å². The number of halogens is 2. The van der Waals surface area contributed by atoms with E-state index < -0.39 is 10.0 Å². The number of benzene rings is 3. The highest BCUT2D eigenvalue weighted by atomic mass is 79.9. The van der Waals surface area contributed by atoms with E-state index in [1.165, 1.54) is 35.6 Å². The molecule has 156 valence electrons. The van der Waals surface area contributed by atoms with Crippen molar-refractivity contribution in [3.8, 4) is 21.7 Å². The predicted molar refractivity (Wildman–Crippen MR) is 122 cm³/mol. The zero-order valence-electron chi connectivity index (χ0n) is 15.7. The van der Waals surface area contributed by atoms with Crippen LogP contribution < -0.4 is 5.14 Å². The number of aromatic nitrogens is 1. The van der Waals surface area contributed by atoms with Gasteiger partial charge in [-0.15, -0.1) is 11.3 Å². The van der Waals surface area contributed by atoms with Crippen LogP contribution in [0.3, 0.4) is 0 Å². The molecule has 2 N–H and O–H groups in total. The Morgan fingerprint density at radius 2 is 1.61 bits per heavy atom. The molecule has 0 saturated carbocycles. The van der Waals surface area contributed by atoms with Crippen molar-refractivity contribution in [1.29, 1.82) is 0 Å². The summed E-state index contributed by atoms with van der Waals surface area (Å²) in [5, 5.41) is 5.44. The smallest absolute Gasteiger partial charge is 0.238 e. The SMILES string of the molecule is NS(=O)(=O)c1ccc(-c2nc(C(=O)c3cccc(Br)c3)sc2-c2ccc(F)cc2)cc1. The molecular weight excluding hydrogens is 503 g/mol. The Kier molecular flexibility index (Phi) is 5.85. The molecule has 0 atom stereocenters. The average Bonchev–Trinajstić information content (AvgIpc) is 3.18. The monoisotopic (exact) mass is 516 g/mol. The van der Waals surface area contributed by atoms with Gasteiger partial charge in [0.2, 0.25) is 15.8 Å². The number of primary sulfonamides is 1. The first-order valence-electron chi connectivity index (χ1n) is 8.92. The van der Waals surface area contributed by atoms with E-state index in [1.54, 1.807) is 42.5 Å². The van der Waals surface area contributed by atoms with E-state index in [4.69, 9.17) is 5.14 Å². The van der Waals surface area contributed by atoms with Crippen molar-refractivity contribution < 1.29 is 17.6 Å². The van der Waals surface area contributed by atoms with Crippen molar-refractivity contribution in [3.05, 3.63) is 93.7 Å². The second-order valence-corrected chi connectivity index (χ2v) is 10.1. The Balaban J connectivity index is 1.84.